The first-order valence-electron chi connectivity index (χ1n) is 6.79. The van der Waals surface area contributed by atoms with E-state index in [4.69, 9.17) is 0 Å². The first kappa shape index (κ1) is 17.6. The normalized spacial score (nSPS) is 10.0. The van der Waals surface area contributed by atoms with Crippen molar-refractivity contribution in [3.63, 3.8) is 0 Å². The van der Waals surface area contributed by atoms with Gasteiger partial charge in [-0.05, 0) is 0 Å². The summed E-state index contributed by atoms with van der Waals surface area (Å²) in [6, 6.07) is 5.99. The number of nitrogens with zero attached hydrogens (tertiary/aromatic N) is 2. The number of carbonyl (C=O) groups is 4. The first-order chi connectivity index (χ1) is 10.2. The summed E-state index contributed by atoms with van der Waals surface area (Å²) in [6.07, 6.45) is -0.418. The van der Waals surface area contributed by atoms with Crippen molar-refractivity contribution in [1.29, 1.82) is 0 Å². The molecule has 22 heavy (non-hydrogen) atoms. The maximum Gasteiger partial charge on any atom is 0.229 e. The second-order valence-electron chi connectivity index (χ2n) is 5.35. The predicted octanol–water partition coefficient (Wildman–Crippen LogP) is 1.01. The van der Waals surface area contributed by atoms with Gasteiger partial charge in [0.25, 0.3) is 0 Å². The molecule has 118 valence electrons. The van der Waals surface area contributed by atoms with Crippen molar-refractivity contribution in [2.24, 2.45) is 0 Å². The molecular formula is C16H20N2O4. The third-order valence-electron chi connectivity index (χ3n) is 3.15. The maximum absolute atomic E-state index is 11.9. The molecule has 0 saturated carbocycles. The first-order valence-corrected chi connectivity index (χ1v) is 6.79. The molecular weight excluding hydrogens is 284 g/mol. The lowest BCUT2D eigenvalue weighted by molar-refractivity contribution is -0.128. The van der Waals surface area contributed by atoms with E-state index in [0.29, 0.717) is 11.1 Å². The Morgan fingerprint density at radius 3 is 1.18 bits per heavy atom. The van der Waals surface area contributed by atoms with E-state index in [0.717, 1.165) is 0 Å². The quantitative estimate of drug-likeness (QED) is 0.580. The SMILES string of the molecule is CN(C)C(=O)CC(=O)c1ccc(C(=O)CC(=O)N(C)C)cc1. The van der Waals surface area contributed by atoms with Crippen LogP contribution in [0, 0.1) is 0 Å². The number of benzene rings is 1. The van der Waals surface area contributed by atoms with Crippen LogP contribution in [0.1, 0.15) is 33.6 Å². The summed E-state index contributed by atoms with van der Waals surface area (Å²) in [5.74, 6) is -1.16. The highest BCUT2D eigenvalue weighted by atomic mass is 16.2. The van der Waals surface area contributed by atoms with Crippen LogP contribution in [-0.2, 0) is 9.59 Å². The monoisotopic (exact) mass is 304 g/mol. The van der Waals surface area contributed by atoms with Crippen molar-refractivity contribution < 1.29 is 19.2 Å². The largest absolute Gasteiger partial charge is 0.348 e. The van der Waals surface area contributed by atoms with Crippen molar-refractivity contribution in [2.75, 3.05) is 28.2 Å². The van der Waals surface area contributed by atoms with Gasteiger partial charge in [0.1, 0.15) is 0 Å². The van der Waals surface area contributed by atoms with Gasteiger partial charge in [-0.3, -0.25) is 19.2 Å². The highest BCUT2D eigenvalue weighted by Gasteiger charge is 2.16. The van der Waals surface area contributed by atoms with Crippen molar-refractivity contribution in [3.8, 4) is 0 Å². The van der Waals surface area contributed by atoms with Gasteiger partial charge in [-0.15, -0.1) is 0 Å². The summed E-state index contributed by atoms with van der Waals surface area (Å²) >= 11 is 0. The Morgan fingerprint density at radius 2 is 0.955 bits per heavy atom. The number of hydrogen-bond donors (Lipinski definition) is 0. The van der Waals surface area contributed by atoms with Gasteiger partial charge in [0.05, 0.1) is 12.8 Å². The second kappa shape index (κ2) is 7.49. The van der Waals surface area contributed by atoms with Crippen molar-refractivity contribution in [1.82, 2.24) is 9.80 Å². The number of amides is 2. The lowest BCUT2D eigenvalue weighted by Gasteiger charge is -2.10. The van der Waals surface area contributed by atoms with Crippen LogP contribution in [0.5, 0.6) is 0 Å². The molecule has 1 aromatic rings. The Balaban J connectivity index is 2.74. The standard InChI is InChI=1S/C16H20N2O4/c1-17(2)15(21)9-13(19)11-5-7-12(8-6-11)14(20)10-16(22)18(3)4/h5-8H,9-10H2,1-4H3. The van der Waals surface area contributed by atoms with Crippen molar-refractivity contribution in [3.05, 3.63) is 35.4 Å². The lowest BCUT2D eigenvalue weighted by Crippen LogP contribution is -2.24. The molecule has 0 aliphatic heterocycles. The zero-order valence-corrected chi connectivity index (χ0v) is 13.3. The molecule has 6 heteroatoms. The number of Topliss-reactive ketones (excluding diaryl/α,β-unsaturated/α-hetero) is 2. The number of hydrogen-bond acceptors (Lipinski definition) is 4. The molecule has 0 saturated heterocycles. The number of ketones is 2. The molecule has 0 unspecified atom stereocenters. The van der Waals surface area contributed by atoms with Crippen molar-refractivity contribution >= 4 is 23.4 Å². The minimum atomic E-state index is -0.304. The molecule has 1 rings (SSSR count). The predicted molar refractivity (Wildman–Crippen MR) is 81.7 cm³/mol. The molecule has 6 nitrogen and oxygen atoms in total. The van der Waals surface area contributed by atoms with Crippen molar-refractivity contribution in [2.45, 2.75) is 12.8 Å². The average Bonchev–Trinajstić information content (AvgIpc) is 2.46. The number of rotatable bonds is 6. The van der Waals surface area contributed by atoms with Crippen LogP contribution in [0.4, 0.5) is 0 Å². The fraction of sp³-hybridized carbons (Fsp3) is 0.375. The van der Waals surface area contributed by atoms with E-state index in [1.807, 2.05) is 0 Å². The van der Waals surface area contributed by atoms with E-state index < -0.39 is 0 Å². The van der Waals surface area contributed by atoms with E-state index in [-0.39, 0.29) is 36.2 Å². The summed E-state index contributed by atoms with van der Waals surface area (Å²) in [7, 11) is 6.33. The van der Waals surface area contributed by atoms with Crippen LogP contribution in [0.15, 0.2) is 24.3 Å². The minimum Gasteiger partial charge on any atom is -0.348 e. The lowest BCUT2D eigenvalue weighted by atomic mass is 10.0. The maximum atomic E-state index is 11.9. The zero-order valence-electron chi connectivity index (χ0n) is 13.3. The molecule has 0 radical (unpaired) electrons. The minimum absolute atomic E-state index is 0.209. The van der Waals surface area contributed by atoms with Gasteiger partial charge in [-0.1, -0.05) is 24.3 Å². The smallest absolute Gasteiger partial charge is 0.229 e. The fourth-order valence-corrected chi connectivity index (χ4v) is 1.64. The summed E-state index contributed by atoms with van der Waals surface area (Å²) in [6.45, 7) is 0. The van der Waals surface area contributed by atoms with Gasteiger partial charge in [-0.2, -0.15) is 0 Å². The van der Waals surface area contributed by atoms with Gasteiger partial charge in [0.2, 0.25) is 11.8 Å². The van der Waals surface area contributed by atoms with E-state index >= 15 is 0 Å². The van der Waals surface area contributed by atoms with Crippen LogP contribution < -0.4 is 0 Å². The third-order valence-corrected chi connectivity index (χ3v) is 3.15. The molecule has 0 spiro atoms. The Bertz CT molecular complexity index is 536. The van der Waals surface area contributed by atoms with Crippen LogP contribution in [0.2, 0.25) is 0 Å². The van der Waals surface area contributed by atoms with Gasteiger partial charge in [0, 0.05) is 39.3 Å². The summed E-state index contributed by atoms with van der Waals surface area (Å²) < 4.78 is 0. The second-order valence-corrected chi connectivity index (χ2v) is 5.35. The third kappa shape index (κ3) is 4.80. The molecule has 1 aromatic carbocycles. The van der Waals surface area contributed by atoms with Crippen LogP contribution >= 0.6 is 0 Å². The molecule has 0 fully saturated rings. The number of carbonyl (C=O) groups excluding carboxylic acids is 4. The van der Waals surface area contributed by atoms with Gasteiger partial charge in [-0.25, -0.2) is 0 Å². The van der Waals surface area contributed by atoms with Gasteiger partial charge < -0.3 is 9.80 Å². The average molecular weight is 304 g/mol. The molecule has 0 N–H and O–H groups in total. The van der Waals surface area contributed by atoms with Crippen LogP contribution in [0.3, 0.4) is 0 Å². The Morgan fingerprint density at radius 1 is 0.682 bits per heavy atom. The summed E-state index contributed by atoms with van der Waals surface area (Å²) in [5, 5.41) is 0. The topological polar surface area (TPSA) is 74.8 Å². The Hall–Kier alpha value is -2.50. The fourth-order valence-electron chi connectivity index (χ4n) is 1.64. The van der Waals surface area contributed by atoms with E-state index in [2.05, 4.69) is 0 Å². The molecule has 0 atom stereocenters. The zero-order chi connectivity index (χ0) is 16.9. The molecule has 2 amide bonds. The van der Waals surface area contributed by atoms with Crippen LogP contribution in [0.25, 0.3) is 0 Å². The highest BCUT2D eigenvalue weighted by molar-refractivity contribution is 6.09. The Kier molecular flexibility index (Phi) is 5.98. The molecule has 0 aliphatic carbocycles. The van der Waals surface area contributed by atoms with Gasteiger partial charge in [0.15, 0.2) is 11.6 Å². The highest BCUT2D eigenvalue weighted by Crippen LogP contribution is 2.10. The summed E-state index contributed by atoms with van der Waals surface area (Å²) in [5.41, 5.74) is 0.733. The van der Waals surface area contributed by atoms with Crippen LogP contribution in [-0.4, -0.2) is 61.4 Å². The molecule has 0 aromatic heterocycles. The molecule has 0 heterocycles. The molecule has 0 bridgehead atoms. The van der Waals surface area contributed by atoms with Gasteiger partial charge >= 0.3 is 0 Å². The van der Waals surface area contributed by atoms with E-state index in [1.165, 1.54) is 34.1 Å². The summed E-state index contributed by atoms with van der Waals surface area (Å²) in [4.78, 5) is 49.5. The Labute approximate surface area is 129 Å². The molecule has 0 aliphatic rings. The van der Waals surface area contributed by atoms with E-state index in [1.54, 1.807) is 28.2 Å². The van der Waals surface area contributed by atoms with E-state index in [9.17, 15) is 19.2 Å².